The number of ether oxygens (including phenoxy) is 1. The molecular formula is C20H18BrFN2O2S. The van der Waals surface area contributed by atoms with Crippen molar-refractivity contribution >= 4 is 43.4 Å². The monoisotopic (exact) mass is 448 g/mol. The standard InChI is InChI=1S/C20H18BrFN2O2S/c21-15-11-14(22)5-6-17(15)26-12-19(25)24-9-7-13(8-10-24)20-23-16-3-1-2-4-18(16)27-20/h1-6,11,13H,7-10,12H2. The topological polar surface area (TPSA) is 42.4 Å². The molecular weight excluding hydrogens is 431 g/mol. The number of amides is 1. The maximum absolute atomic E-state index is 13.1. The summed E-state index contributed by atoms with van der Waals surface area (Å²) in [6, 6.07) is 12.3. The first-order valence-electron chi connectivity index (χ1n) is 8.81. The lowest BCUT2D eigenvalue weighted by atomic mass is 9.97. The van der Waals surface area contributed by atoms with Crippen LogP contribution in [0.25, 0.3) is 10.2 Å². The Bertz CT molecular complexity index is 937. The molecule has 1 fully saturated rings. The van der Waals surface area contributed by atoms with Crippen molar-refractivity contribution in [3.05, 3.63) is 57.8 Å². The minimum atomic E-state index is -0.350. The molecule has 1 saturated heterocycles. The van der Waals surface area contributed by atoms with Crippen molar-refractivity contribution in [2.75, 3.05) is 19.7 Å². The van der Waals surface area contributed by atoms with E-state index in [0.29, 0.717) is 29.2 Å². The number of carbonyl (C=O) groups is 1. The first kappa shape index (κ1) is 18.4. The second-order valence-corrected chi connectivity index (χ2v) is 8.45. The van der Waals surface area contributed by atoms with Crippen LogP contribution in [0.15, 0.2) is 46.9 Å². The normalized spacial score (nSPS) is 15.3. The highest BCUT2D eigenvalue weighted by Gasteiger charge is 2.26. The number of piperidine rings is 1. The molecule has 3 aromatic rings. The van der Waals surface area contributed by atoms with E-state index in [2.05, 4.69) is 22.0 Å². The fourth-order valence-electron chi connectivity index (χ4n) is 3.26. The van der Waals surface area contributed by atoms with E-state index in [4.69, 9.17) is 9.72 Å². The van der Waals surface area contributed by atoms with Crippen LogP contribution in [0.5, 0.6) is 5.75 Å². The molecule has 4 rings (SSSR count). The zero-order chi connectivity index (χ0) is 18.8. The number of fused-ring (bicyclic) bond motifs is 1. The summed E-state index contributed by atoms with van der Waals surface area (Å²) in [5.41, 5.74) is 1.05. The second kappa shape index (κ2) is 7.94. The van der Waals surface area contributed by atoms with Crippen LogP contribution >= 0.6 is 27.3 Å². The smallest absolute Gasteiger partial charge is 0.260 e. The van der Waals surface area contributed by atoms with Crippen LogP contribution < -0.4 is 4.74 Å². The van der Waals surface area contributed by atoms with Gasteiger partial charge in [0.2, 0.25) is 0 Å². The van der Waals surface area contributed by atoms with Crippen LogP contribution in [0, 0.1) is 5.82 Å². The minimum absolute atomic E-state index is 0.0456. The summed E-state index contributed by atoms with van der Waals surface area (Å²) >= 11 is 4.99. The lowest BCUT2D eigenvalue weighted by Gasteiger charge is -2.31. The molecule has 0 N–H and O–H groups in total. The van der Waals surface area contributed by atoms with Crippen molar-refractivity contribution in [3.8, 4) is 5.75 Å². The number of carbonyl (C=O) groups excluding carboxylic acids is 1. The quantitative estimate of drug-likeness (QED) is 0.564. The molecule has 2 heterocycles. The van der Waals surface area contributed by atoms with Gasteiger partial charge in [0.15, 0.2) is 6.61 Å². The molecule has 2 aromatic carbocycles. The number of likely N-dealkylation sites (tertiary alicyclic amines) is 1. The van der Waals surface area contributed by atoms with Crippen LogP contribution in [0.2, 0.25) is 0 Å². The molecule has 0 unspecified atom stereocenters. The Balaban J connectivity index is 1.32. The van der Waals surface area contributed by atoms with E-state index in [1.807, 2.05) is 23.1 Å². The van der Waals surface area contributed by atoms with E-state index in [9.17, 15) is 9.18 Å². The number of nitrogens with zero attached hydrogens (tertiary/aromatic N) is 2. The Kier molecular flexibility index (Phi) is 5.41. The zero-order valence-electron chi connectivity index (χ0n) is 14.5. The SMILES string of the molecule is O=C(COc1ccc(F)cc1Br)N1CCC(c2nc3ccccc3s2)CC1. The van der Waals surface area contributed by atoms with Gasteiger partial charge < -0.3 is 9.64 Å². The van der Waals surface area contributed by atoms with Gasteiger partial charge in [-0.3, -0.25) is 4.79 Å². The maximum atomic E-state index is 13.1. The first-order chi connectivity index (χ1) is 13.1. The van der Waals surface area contributed by atoms with Crippen LogP contribution in [-0.2, 0) is 4.79 Å². The zero-order valence-corrected chi connectivity index (χ0v) is 16.9. The van der Waals surface area contributed by atoms with Gasteiger partial charge in [-0.25, -0.2) is 9.37 Å². The third-order valence-electron chi connectivity index (χ3n) is 4.75. The average molecular weight is 449 g/mol. The second-order valence-electron chi connectivity index (χ2n) is 6.54. The van der Waals surface area contributed by atoms with E-state index in [1.54, 1.807) is 11.3 Å². The molecule has 1 aliphatic rings. The molecule has 7 heteroatoms. The van der Waals surface area contributed by atoms with E-state index in [0.717, 1.165) is 23.4 Å². The highest BCUT2D eigenvalue weighted by atomic mass is 79.9. The third-order valence-corrected chi connectivity index (χ3v) is 6.57. The molecule has 1 amide bonds. The first-order valence-corrected chi connectivity index (χ1v) is 10.4. The van der Waals surface area contributed by atoms with E-state index >= 15 is 0 Å². The van der Waals surface area contributed by atoms with Gasteiger partial charge in [-0.2, -0.15) is 0 Å². The molecule has 0 spiro atoms. The summed E-state index contributed by atoms with van der Waals surface area (Å²) in [6.07, 6.45) is 1.82. The highest BCUT2D eigenvalue weighted by molar-refractivity contribution is 9.10. The lowest BCUT2D eigenvalue weighted by molar-refractivity contribution is -0.134. The van der Waals surface area contributed by atoms with Crippen LogP contribution in [0.3, 0.4) is 0 Å². The summed E-state index contributed by atoms with van der Waals surface area (Å²) in [7, 11) is 0. The predicted octanol–water partition coefficient (Wildman–Crippen LogP) is 4.98. The van der Waals surface area contributed by atoms with Gasteiger partial charge in [-0.1, -0.05) is 12.1 Å². The third kappa shape index (κ3) is 4.14. The predicted molar refractivity (Wildman–Crippen MR) is 108 cm³/mol. The fourth-order valence-corrected chi connectivity index (χ4v) is 4.87. The lowest BCUT2D eigenvalue weighted by Crippen LogP contribution is -2.40. The Morgan fingerprint density at radius 2 is 2.04 bits per heavy atom. The fraction of sp³-hybridized carbons (Fsp3) is 0.300. The molecule has 1 aromatic heterocycles. The molecule has 0 bridgehead atoms. The van der Waals surface area contributed by atoms with Crippen molar-refractivity contribution in [2.24, 2.45) is 0 Å². The Morgan fingerprint density at radius 3 is 2.78 bits per heavy atom. The largest absolute Gasteiger partial charge is 0.483 e. The van der Waals surface area contributed by atoms with Gasteiger partial charge in [0.05, 0.1) is 19.7 Å². The summed E-state index contributed by atoms with van der Waals surface area (Å²) in [5.74, 6) is 0.471. The Morgan fingerprint density at radius 1 is 1.26 bits per heavy atom. The average Bonchev–Trinajstić information content (AvgIpc) is 3.11. The number of benzene rings is 2. The minimum Gasteiger partial charge on any atom is -0.483 e. The highest BCUT2D eigenvalue weighted by Crippen LogP contribution is 2.34. The summed E-state index contributed by atoms with van der Waals surface area (Å²) in [6.45, 7) is 1.36. The number of rotatable bonds is 4. The molecule has 140 valence electrons. The van der Waals surface area contributed by atoms with Gasteiger partial charge in [0.1, 0.15) is 11.6 Å². The Hall–Kier alpha value is -1.99. The number of hydrogen-bond donors (Lipinski definition) is 0. The number of hydrogen-bond acceptors (Lipinski definition) is 4. The van der Waals surface area contributed by atoms with Crippen molar-refractivity contribution in [1.29, 1.82) is 0 Å². The van der Waals surface area contributed by atoms with Crippen molar-refractivity contribution in [1.82, 2.24) is 9.88 Å². The number of thiazole rings is 1. The van der Waals surface area contributed by atoms with Crippen molar-refractivity contribution in [2.45, 2.75) is 18.8 Å². The molecule has 0 radical (unpaired) electrons. The van der Waals surface area contributed by atoms with Gasteiger partial charge in [-0.05, 0) is 59.1 Å². The summed E-state index contributed by atoms with van der Waals surface area (Å²) in [5, 5.41) is 1.16. The Labute approximate surface area is 169 Å². The van der Waals surface area contributed by atoms with E-state index in [-0.39, 0.29) is 18.3 Å². The van der Waals surface area contributed by atoms with Crippen LogP contribution in [-0.4, -0.2) is 35.5 Å². The number of aromatic nitrogens is 1. The molecule has 27 heavy (non-hydrogen) atoms. The molecule has 0 aliphatic carbocycles. The van der Waals surface area contributed by atoms with E-state index in [1.165, 1.54) is 22.9 Å². The summed E-state index contributed by atoms with van der Waals surface area (Å²) < 4.78 is 20.4. The molecule has 1 aliphatic heterocycles. The molecule has 0 atom stereocenters. The van der Waals surface area contributed by atoms with Gasteiger partial charge in [0, 0.05) is 19.0 Å². The molecule has 4 nitrogen and oxygen atoms in total. The van der Waals surface area contributed by atoms with Gasteiger partial charge in [0.25, 0.3) is 5.91 Å². The van der Waals surface area contributed by atoms with Crippen molar-refractivity contribution < 1.29 is 13.9 Å². The van der Waals surface area contributed by atoms with Crippen LogP contribution in [0.4, 0.5) is 4.39 Å². The van der Waals surface area contributed by atoms with Crippen molar-refractivity contribution in [3.63, 3.8) is 0 Å². The van der Waals surface area contributed by atoms with Crippen LogP contribution in [0.1, 0.15) is 23.8 Å². The summed E-state index contributed by atoms with van der Waals surface area (Å²) in [4.78, 5) is 19.0. The molecule has 0 saturated carbocycles. The van der Waals surface area contributed by atoms with Gasteiger partial charge >= 0.3 is 0 Å². The van der Waals surface area contributed by atoms with Gasteiger partial charge in [-0.15, -0.1) is 11.3 Å². The maximum Gasteiger partial charge on any atom is 0.260 e. The number of para-hydroxylation sites is 1. The number of halogens is 2. The van der Waals surface area contributed by atoms with E-state index < -0.39 is 0 Å².